The monoisotopic (exact) mass is 283 g/mol. The van der Waals surface area contributed by atoms with E-state index in [9.17, 15) is 23.4 Å². The third-order valence-corrected chi connectivity index (χ3v) is 4.02. The number of hydrogen-bond donors (Lipinski definition) is 2. The minimum Gasteiger partial charge on any atom is -0.388 e. The first-order valence-corrected chi connectivity index (χ1v) is 6.56. The van der Waals surface area contributed by atoms with E-state index in [0.29, 0.717) is 32.6 Å². The summed E-state index contributed by atoms with van der Waals surface area (Å²) in [6, 6.07) is 0. The molecule has 1 atom stereocenters. The van der Waals surface area contributed by atoms with Gasteiger partial charge in [-0.15, -0.1) is 0 Å². The molecule has 2 aliphatic rings. The Bertz CT molecular complexity index is 318. The summed E-state index contributed by atoms with van der Waals surface area (Å²) in [7, 11) is 0. The van der Waals surface area contributed by atoms with Gasteiger partial charge < -0.3 is 14.9 Å². The van der Waals surface area contributed by atoms with Crippen molar-refractivity contribution in [1.82, 2.24) is 4.90 Å². The van der Waals surface area contributed by atoms with Crippen molar-refractivity contribution in [1.29, 1.82) is 0 Å². The number of ether oxygens (including phenoxy) is 1. The number of aliphatic hydroxyl groups is 2. The maximum atomic E-state index is 12.8. The second kappa shape index (κ2) is 5.20. The molecule has 2 aliphatic heterocycles. The van der Waals surface area contributed by atoms with Gasteiger partial charge in [-0.1, -0.05) is 0 Å². The molecule has 112 valence electrons. The van der Waals surface area contributed by atoms with E-state index in [-0.39, 0.29) is 19.4 Å². The second-order valence-electron chi connectivity index (χ2n) is 5.68. The Morgan fingerprint density at radius 1 is 1.11 bits per heavy atom. The van der Waals surface area contributed by atoms with E-state index in [4.69, 9.17) is 4.74 Å². The quantitative estimate of drug-likeness (QED) is 0.791. The van der Waals surface area contributed by atoms with Crippen LogP contribution in [0, 0.1) is 0 Å². The Balaban J connectivity index is 1.98. The molecule has 2 rings (SSSR count). The van der Waals surface area contributed by atoms with E-state index in [1.165, 1.54) is 4.90 Å². The number of piperidine rings is 1. The van der Waals surface area contributed by atoms with E-state index in [2.05, 4.69) is 0 Å². The van der Waals surface area contributed by atoms with Crippen LogP contribution in [0.3, 0.4) is 0 Å². The van der Waals surface area contributed by atoms with E-state index >= 15 is 0 Å². The van der Waals surface area contributed by atoms with Crippen molar-refractivity contribution in [3.05, 3.63) is 0 Å². The van der Waals surface area contributed by atoms with Crippen LogP contribution in [0.4, 0.5) is 13.2 Å². The zero-order valence-corrected chi connectivity index (χ0v) is 10.7. The van der Waals surface area contributed by atoms with Crippen molar-refractivity contribution in [3.63, 3.8) is 0 Å². The largest absolute Gasteiger partial charge is 0.418 e. The van der Waals surface area contributed by atoms with Crippen LogP contribution in [0.25, 0.3) is 0 Å². The molecule has 7 heteroatoms. The Morgan fingerprint density at radius 3 is 2.32 bits per heavy atom. The van der Waals surface area contributed by atoms with Crippen molar-refractivity contribution in [3.8, 4) is 0 Å². The van der Waals surface area contributed by atoms with Crippen molar-refractivity contribution in [2.45, 2.75) is 43.1 Å². The summed E-state index contributed by atoms with van der Waals surface area (Å²) in [6.07, 6.45) is -3.76. The number of rotatable bonds is 2. The fraction of sp³-hybridized carbons (Fsp3) is 1.00. The van der Waals surface area contributed by atoms with E-state index in [1.807, 2.05) is 0 Å². The predicted molar refractivity (Wildman–Crippen MR) is 61.7 cm³/mol. The van der Waals surface area contributed by atoms with Gasteiger partial charge in [0.05, 0.1) is 5.60 Å². The Morgan fingerprint density at radius 2 is 1.74 bits per heavy atom. The van der Waals surface area contributed by atoms with Crippen molar-refractivity contribution in [2.75, 3.05) is 32.8 Å². The summed E-state index contributed by atoms with van der Waals surface area (Å²) in [5.74, 6) is 0. The van der Waals surface area contributed by atoms with Crippen LogP contribution in [-0.2, 0) is 4.74 Å². The van der Waals surface area contributed by atoms with Gasteiger partial charge in [-0.05, 0) is 19.4 Å². The summed E-state index contributed by atoms with van der Waals surface area (Å²) >= 11 is 0. The first kappa shape index (κ1) is 15.0. The predicted octanol–water partition coefficient (Wildman–Crippen LogP) is 0.917. The van der Waals surface area contributed by atoms with Gasteiger partial charge in [0, 0.05) is 39.1 Å². The molecule has 0 aliphatic carbocycles. The molecule has 2 fully saturated rings. The summed E-state index contributed by atoms with van der Waals surface area (Å²) in [6.45, 7) is 1.03. The zero-order chi connectivity index (χ0) is 14.1. The van der Waals surface area contributed by atoms with Crippen LogP contribution in [0.2, 0.25) is 0 Å². The SMILES string of the molecule is OC1(CN2CCCC(O)(C(F)(F)F)C2)CCOCC1. The minimum atomic E-state index is -4.62. The normalized spacial score (nSPS) is 33.3. The number of alkyl halides is 3. The van der Waals surface area contributed by atoms with Gasteiger partial charge in [0.15, 0.2) is 5.60 Å². The molecule has 0 aromatic rings. The Kier molecular flexibility index (Phi) is 4.11. The number of β-amino-alcohol motifs (C(OH)–C–C–N with tert-alkyl or cyclic N) is 2. The van der Waals surface area contributed by atoms with Gasteiger partial charge in [-0.25, -0.2) is 0 Å². The van der Waals surface area contributed by atoms with Crippen LogP contribution >= 0.6 is 0 Å². The van der Waals surface area contributed by atoms with E-state index in [1.54, 1.807) is 0 Å². The number of halogens is 3. The molecule has 0 spiro atoms. The average molecular weight is 283 g/mol. The zero-order valence-electron chi connectivity index (χ0n) is 10.7. The molecule has 4 nitrogen and oxygen atoms in total. The van der Waals surface area contributed by atoms with E-state index in [0.717, 1.165) is 0 Å². The van der Waals surface area contributed by atoms with Crippen LogP contribution in [-0.4, -0.2) is 65.3 Å². The number of likely N-dealkylation sites (tertiary alicyclic amines) is 1. The topological polar surface area (TPSA) is 52.9 Å². The molecule has 2 heterocycles. The second-order valence-corrected chi connectivity index (χ2v) is 5.68. The molecule has 19 heavy (non-hydrogen) atoms. The molecule has 0 saturated carbocycles. The lowest BCUT2D eigenvalue weighted by Crippen LogP contribution is -2.59. The lowest BCUT2D eigenvalue weighted by atomic mass is 9.89. The lowest BCUT2D eigenvalue weighted by Gasteiger charge is -2.43. The molecule has 0 aromatic carbocycles. The molecule has 2 N–H and O–H groups in total. The molecular weight excluding hydrogens is 263 g/mol. The summed E-state index contributed by atoms with van der Waals surface area (Å²) in [5.41, 5.74) is -3.64. The summed E-state index contributed by atoms with van der Waals surface area (Å²) in [4.78, 5) is 1.52. The van der Waals surface area contributed by atoms with Gasteiger partial charge in [-0.2, -0.15) is 13.2 Å². The minimum absolute atomic E-state index is 0.161. The van der Waals surface area contributed by atoms with Gasteiger partial charge in [0.2, 0.25) is 0 Å². The first-order valence-electron chi connectivity index (χ1n) is 6.56. The molecule has 0 aromatic heterocycles. The average Bonchev–Trinajstić information content (AvgIpc) is 2.27. The molecule has 1 unspecified atom stereocenters. The fourth-order valence-electron chi connectivity index (χ4n) is 2.82. The highest BCUT2D eigenvalue weighted by atomic mass is 19.4. The lowest BCUT2D eigenvalue weighted by molar-refractivity contribution is -0.276. The third-order valence-electron chi connectivity index (χ3n) is 4.02. The highest BCUT2D eigenvalue weighted by Gasteiger charge is 2.55. The maximum absolute atomic E-state index is 12.8. The maximum Gasteiger partial charge on any atom is 0.418 e. The fourth-order valence-corrected chi connectivity index (χ4v) is 2.82. The highest BCUT2D eigenvalue weighted by molar-refractivity contribution is 4.95. The molecule has 0 bridgehead atoms. The number of hydrogen-bond acceptors (Lipinski definition) is 4. The molecule has 0 amide bonds. The van der Waals surface area contributed by atoms with Crippen LogP contribution in [0.5, 0.6) is 0 Å². The van der Waals surface area contributed by atoms with Gasteiger partial charge >= 0.3 is 6.18 Å². The molecule has 0 radical (unpaired) electrons. The third kappa shape index (κ3) is 3.39. The Hall–Kier alpha value is -0.370. The van der Waals surface area contributed by atoms with Gasteiger partial charge in [0.25, 0.3) is 0 Å². The van der Waals surface area contributed by atoms with Crippen LogP contribution in [0.15, 0.2) is 0 Å². The Labute approximate surface area is 110 Å². The van der Waals surface area contributed by atoms with Crippen molar-refractivity contribution < 1.29 is 28.1 Å². The molecule has 2 saturated heterocycles. The standard InChI is InChI=1S/C12H20F3NO3/c13-12(14,15)11(18)2-1-5-16(9-11)8-10(17)3-6-19-7-4-10/h17-18H,1-9H2. The first-order chi connectivity index (χ1) is 8.74. The molecular formula is C12H20F3NO3. The smallest absolute Gasteiger partial charge is 0.388 e. The van der Waals surface area contributed by atoms with Crippen molar-refractivity contribution in [2.24, 2.45) is 0 Å². The van der Waals surface area contributed by atoms with E-state index < -0.39 is 23.9 Å². The van der Waals surface area contributed by atoms with Gasteiger partial charge in [-0.3, -0.25) is 4.90 Å². The van der Waals surface area contributed by atoms with Crippen molar-refractivity contribution >= 4 is 0 Å². The van der Waals surface area contributed by atoms with Crippen LogP contribution < -0.4 is 0 Å². The summed E-state index contributed by atoms with van der Waals surface area (Å²) < 4.78 is 43.6. The van der Waals surface area contributed by atoms with Crippen LogP contribution in [0.1, 0.15) is 25.7 Å². The summed E-state index contributed by atoms with van der Waals surface area (Å²) in [5, 5.41) is 20.0. The van der Waals surface area contributed by atoms with Gasteiger partial charge in [0.1, 0.15) is 0 Å². The number of nitrogens with zero attached hydrogens (tertiary/aromatic N) is 1. The highest BCUT2D eigenvalue weighted by Crippen LogP contribution is 2.37.